The van der Waals surface area contributed by atoms with Gasteiger partial charge in [-0.15, -0.1) is 4.40 Å². The number of aryl methyl sites for hydroxylation is 3. The van der Waals surface area contributed by atoms with E-state index < -0.39 is 10.3 Å². The number of nitrogens with one attached hydrogen (secondary N) is 1. The average molecular weight is 424 g/mol. The Labute approximate surface area is 177 Å². The molecule has 1 heterocycles. The molecular formula is C23H25N3O3S. The second kappa shape index (κ2) is 8.67. The van der Waals surface area contributed by atoms with Crippen molar-refractivity contribution in [2.24, 2.45) is 9.39 Å². The zero-order chi connectivity index (χ0) is 21.9. The zero-order valence-corrected chi connectivity index (χ0v) is 18.5. The van der Waals surface area contributed by atoms with Crippen molar-refractivity contribution in [3.05, 3.63) is 82.7 Å². The number of aromatic nitrogens is 1. The summed E-state index contributed by atoms with van der Waals surface area (Å²) in [7, 11) is -4.12. The summed E-state index contributed by atoms with van der Waals surface area (Å²) in [6.45, 7) is 9.68. The van der Waals surface area contributed by atoms with Gasteiger partial charge in [-0.25, -0.2) is 0 Å². The van der Waals surface area contributed by atoms with Gasteiger partial charge in [-0.3, -0.25) is 4.99 Å². The van der Waals surface area contributed by atoms with Crippen LogP contribution in [0.2, 0.25) is 0 Å². The lowest BCUT2D eigenvalue weighted by molar-refractivity contribution is 0.488. The van der Waals surface area contributed by atoms with Gasteiger partial charge in [0.2, 0.25) is 0 Å². The van der Waals surface area contributed by atoms with Crippen LogP contribution >= 0.6 is 0 Å². The summed E-state index contributed by atoms with van der Waals surface area (Å²) in [6, 6.07) is 16.1. The van der Waals surface area contributed by atoms with Gasteiger partial charge in [0.15, 0.2) is 0 Å². The van der Waals surface area contributed by atoms with Crippen molar-refractivity contribution in [1.82, 2.24) is 4.98 Å². The molecule has 0 aliphatic heterocycles. The number of aliphatic imine (C=N–C) groups is 1. The van der Waals surface area contributed by atoms with Gasteiger partial charge in [0.05, 0.1) is 28.5 Å². The lowest BCUT2D eigenvalue weighted by Crippen LogP contribution is -2.09. The quantitative estimate of drug-likeness (QED) is 0.552. The number of para-hydroxylation sites is 1. The maximum atomic E-state index is 12.2. The van der Waals surface area contributed by atoms with E-state index in [1.807, 2.05) is 26.8 Å². The number of aromatic amines is 1. The molecule has 0 radical (unpaired) electrons. The Bertz CT molecular complexity index is 1200. The number of hydrogen-bond acceptors (Lipinski definition) is 4. The highest BCUT2D eigenvalue weighted by molar-refractivity contribution is 7.85. The molecule has 0 fully saturated rings. The highest BCUT2D eigenvalue weighted by atomic mass is 32.2. The molecule has 3 aromatic rings. The number of nitrogens with zero attached hydrogens (tertiary/aromatic N) is 2. The molecule has 0 atom stereocenters. The summed E-state index contributed by atoms with van der Waals surface area (Å²) in [5.74, 6) is 0.216. The third-order valence-corrected chi connectivity index (χ3v) is 5.47. The molecule has 0 aliphatic carbocycles. The van der Waals surface area contributed by atoms with Gasteiger partial charge in [-0.2, -0.15) is 8.42 Å². The smallest absolute Gasteiger partial charge is 0.366 e. The molecule has 0 saturated heterocycles. The third-order valence-electron chi connectivity index (χ3n) is 4.57. The molecule has 1 aromatic heterocycles. The largest absolute Gasteiger partial charge is 0.428 e. The zero-order valence-electron chi connectivity index (χ0n) is 17.7. The van der Waals surface area contributed by atoms with Gasteiger partial charge in [0.25, 0.3) is 0 Å². The van der Waals surface area contributed by atoms with Crippen LogP contribution in [0.5, 0.6) is 5.75 Å². The van der Waals surface area contributed by atoms with Crippen LogP contribution < -0.4 is 4.18 Å². The Kier molecular flexibility index (Phi) is 6.22. The van der Waals surface area contributed by atoms with Gasteiger partial charge in [0, 0.05) is 0 Å². The van der Waals surface area contributed by atoms with E-state index in [2.05, 4.69) is 28.4 Å². The molecule has 1 N–H and O–H groups in total. The van der Waals surface area contributed by atoms with Gasteiger partial charge in [-0.1, -0.05) is 35.9 Å². The normalized spacial score (nSPS) is 12.8. The van der Waals surface area contributed by atoms with Crippen molar-refractivity contribution >= 4 is 27.4 Å². The van der Waals surface area contributed by atoms with Gasteiger partial charge >= 0.3 is 10.3 Å². The SMILES string of the molecule is CC(=Nc1c(C)cc(C)cc1C)c1ccc(/C(C)=N/S(=O)(=O)Oc2ccccc2)[nH]1. The number of H-pyrrole nitrogens is 1. The fourth-order valence-corrected chi connectivity index (χ4v) is 4.05. The van der Waals surface area contributed by atoms with Crippen LogP contribution in [0.25, 0.3) is 0 Å². The van der Waals surface area contributed by atoms with Crippen LogP contribution in [0.4, 0.5) is 5.69 Å². The predicted octanol–water partition coefficient (Wildman–Crippen LogP) is 5.21. The molecule has 0 amide bonds. The van der Waals surface area contributed by atoms with Crippen molar-refractivity contribution in [1.29, 1.82) is 0 Å². The topological polar surface area (TPSA) is 83.9 Å². The Morgan fingerprint density at radius 3 is 2.03 bits per heavy atom. The van der Waals surface area contributed by atoms with E-state index in [0.29, 0.717) is 11.4 Å². The van der Waals surface area contributed by atoms with Gasteiger partial charge in [0.1, 0.15) is 5.75 Å². The maximum absolute atomic E-state index is 12.2. The van der Waals surface area contributed by atoms with E-state index in [4.69, 9.17) is 9.18 Å². The second-order valence-corrected chi connectivity index (χ2v) is 8.44. The maximum Gasteiger partial charge on any atom is 0.428 e. The van der Waals surface area contributed by atoms with Crippen LogP contribution in [0.3, 0.4) is 0 Å². The lowest BCUT2D eigenvalue weighted by Gasteiger charge is -2.08. The van der Waals surface area contributed by atoms with Crippen molar-refractivity contribution in [2.75, 3.05) is 0 Å². The molecule has 0 spiro atoms. The Morgan fingerprint density at radius 1 is 0.867 bits per heavy atom. The van der Waals surface area contributed by atoms with E-state index in [1.165, 1.54) is 5.56 Å². The fourth-order valence-electron chi connectivity index (χ4n) is 3.23. The molecule has 7 heteroatoms. The highest BCUT2D eigenvalue weighted by Crippen LogP contribution is 2.26. The third kappa shape index (κ3) is 5.24. The van der Waals surface area contributed by atoms with E-state index in [0.717, 1.165) is 28.2 Å². The predicted molar refractivity (Wildman–Crippen MR) is 122 cm³/mol. The first-order valence-corrected chi connectivity index (χ1v) is 10.9. The molecule has 156 valence electrons. The van der Waals surface area contributed by atoms with Crippen LogP contribution in [0, 0.1) is 20.8 Å². The molecule has 0 bridgehead atoms. The fraction of sp³-hybridized carbons (Fsp3) is 0.217. The van der Waals surface area contributed by atoms with E-state index in [9.17, 15) is 8.42 Å². The lowest BCUT2D eigenvalue weighted by atomic mass is 10.1. The van der Waals surface area contributed by atoms with Crippen LogP contribution in [0.1, 0.15) is 41.9 Å². The first-order valence-electron chi connectivity index (χ1n) is 9.53. The van der Waals surface area contributed by atoms with Crippen molar-refractivity contribution in [3.8, 4) is 5.75 Å². The van der Waals surface area contributed by atoms with Crippen LogP contribution in [-0.2, 0) is 10.3 Å². The van der Waals surface area contributed by atoms with Crippen LogP contribution in [0.15, 0.2) is 64.0 Å². The summed E-state index contributed by atoms with van der Waals surface area (Å²) in [6.07, 6.45) is 0. The Morgan fingerprint density at radius 2 is 1.43 bits per heavy atom. The summed E-state index contributed by atoms with van der Waals surface area (Å²) >= 11 is 0. The minimum Gasteiger partial charge on any atom is -0.366 e. The Balaban J connectivity index is 1.84. The average Bonchev–Trinajstić information content (AvgIpc) is 3.15. The van der Waals surface area contributed by atoms with Crippen molar-refractivity contribution < 1.29 is 12.6 Å². The number of benzene rings is 2. The van der Waals surface area contributed by atoms with E-state index >= 15 is 0 Å². The molecule has 2 aromatic carbocycles. The molecule has 0 saturated carbocycles. The highest BCUT2D eigenvalue weighted by Gasteiger charge is 2.14. The molecular weight excluding hydrogens is 398 g/mol. The van der Waals surface area contributed by atoms with E-state index in [-0.39, 0.29) is 5.75 Å². The van der Waals surface area contributed by atoms with Gasteiger partial charge in [-0.05, 0) is 70.0 Å². The summed E-state index contributed by atoms with van der Waals surface area (Å²) in [4.78, 5) is 7.96. The summed E-state index contributed by atoms with van der Waals surface area (Å²) in [5.41, 5.74) is 6.84. The first kappa shape index (κ1) is 21.5. The van der Waals surface area contributed by atoms with Crippen LogP contribution in [-0.4, -0.2) is 24.8 Å². The van der Waals surface area contributed by atoms with Crippen molar-refractivity contribution in [2.45, 2.75) is 34.6 Å². The Hall–Kier alpha value is -3.19. The molecule has 3 rings (SSSR count). The molecule has 0 unspecified atom stereocenters. The second-order valence-electron chi connectivity index (χ2n) is 7.23. The summed E-state index contributed by atoms with van der Waals surface area (Å²) in [5, 5.41) is 0. The first-order chi connectivity index (χ1) is 14.1. The number of rotatable bonds is 6. The number of hydrogen-bond donors (Lipinski definition) is 1. The standard InChI is InChI=1S/C23H25N3O3S/c1-15-13-16(2)23(17(3)14-15)24-18(4)21-11-12-22(25-21)19(5)26-30(27,28)29-20-9-7-6-8-10-20/h6-14,25H,1-5H3/b24-18?,26-19+. The van der Waals surface area contributed by atoms with E-state index in [1.54, 1.807) is 43.3 Å². The molecule has 30 heavy (non-hydrogen) atoms. The summed E-state index contributed by atoms with van der Waals surface area (Å²) < 4.78 is 33.2. The van der Waals surface area contributed by atoms with Crippen molar-refractivity contribution in [3.63, 3.8) is 0 Å². The molecule has 6 nitrogen and oxygen atoms in total. The van der Waals surface area contributed by atoms with Gasteiger partial charge < -0.3 is 9.17 Å². The molecule has 0 aliphatic rings. The minimum absolute atomic E-state index is 0.216. The minimum atomic E-state index is -4.12. The monoisotopic (exact) mass is 423 g/mol.